The van der Waals surface area contributed by atoms with Gasteiger partial charge in [-0.15, -0.1) is 0 Å². The van der Waals surface area contributed by atoms with Gasteiger partial charge in [0.2, 0.25) is 5.78 Å². The van der Waals surface area contributed by atoms with Crippen molar-refractivity contribution in [1.29, 1.82) is 0 Å². The molecule has 5 aliphatic rings. The predicted octanol–water partition coefficient (Wildman–Crippen LogP) is 2.21. The molecule has 0 radical (unpaired) electrons. The highest BCUT2D eigenvalue weighted by Gasteiger charge is 2.56. The van der Waals surface area contributed by atoms with Gasteiger partial charge >= 0.3 is 0 Å². The van der Waals surface area contributed by atoms with Crippen LogP contribution in [0, 0.1) is 12.3 Å². The third kappa shape index (κ3) is 2.70. The largest absolute Gasteiger partial charge is 0.384 e. The molecular weight excluding hydrogens is 466 g/mol. The van der Waals surface area contributed by atoms with Crippen molar-refractivity contribution in [2.75, 3.05) is 13.2 Å². The van der Waals surface area contributed by atoms with Crippen LogP contribution in [0.4, 0.5) is 0 Å². The molecule has 0 saturated carbocycles. The summed E-state index contributed by atoms with van der Waals surface area (Å²) in [5.74, 6) is -0.386. The Morgan fingerprint density at radius 2 is 2.00 bits per heavy atom. The summed E-state index contributed by atoms with van der Waals surface area (Å²) in [4.78, 5) is 31.2. The Morgan fingerprint density at radius 1 is 1.20 bits per heavy atom. The molecule has 1 N–H and O–H groups in total. The van der Waals surface area contributed by atoms with E-state index in [-0.39, 0.29) is 46.4 Å². The number of aryl methyl sites for hydroxylation is 1. The van der Waals surface area contributed by atoms with Gasteiger partial charge in [-0.2, -0.15) is 0 Å². The van der Waals surface area contributed by atoms with Gasteiger partial charge in [-0.3, -0.25) is 14.6 Å². The second-order valence-electron chi connectivity index (χ2n) is 9.95. The van der Waals surface area contributed by atoms with Crippen LogP contribution in [0.2, 0.25) is 0 Å². The monoisotopic (exact) mass is 489 g/mol. The van der Waals surface area contributed by atoms with Crippen LogP contribution in [0.15, 0.2) is 58.1 Å². The normalized spacial score (nSPS) is 28.7. The molecular formula is C26H23N3O5S. The third-order valence-corrected chi connectivity index (χ3v) is 9.53. The number of aromatic nitrogens is 1. The first-order valence-corrected chi connectivity index (χ1v) is 13.3. The van der Waals surface area contributed by atoms with Gasteiger partial charge in [0.25, 0.3) is 10.0 Å². The number of fused-ring (bicyclic) bond motifs is 2. The van der Waals surface area contributed by atoms with Crippen molar-refractivity contribution >= 4 is 33.0 Å². The van der Waals surface area contributed by atoms with Crippen LogP contribution in [0.1, 0.15) is 40.0 Å². The summed E-state index contributed by atoms with van der Waals surface area (Å²) >= 11 is 0. The van der Waals surface area contributed by atoms with E-state index >= 15 is 0 Å². The van der Waals surface area contributed by atoms with E-state index in [1.54, 1.807) is 36.5 Å². The van der Waals surface area contributed by atoms with Crippen LogP contribution in [0.3, 0.4) is 0 Å². The number of ketones is 2. The minimum absolute atomic E-state index is 0.00389. The molecule has 1 spiro atoms. The van der Waals surface area contributed by atoms with Crippen molar-refractivity contribution in [1.82, 2.24) is 9.29 Å². The van der Waals surface area contributed by atoms with Gasteiger partial charge in [0.05, 0.1) is 29.3 Å². The lowest BCUT2D eigenvalue weighted by molar-refractivity contribution is -0.124. The van der Waals surface area contributed by atoms with Gasteiger partial charge in [0, 0.05) is 35.7 Å². The van der Waals surface area contributed by atoms with Crippen molar-refractivity contribution in [3.63, 3.8) is 0 Å². The van der Waals surface area contributed by atoms with Crippen molar-refractivity contribution in [3.05, 3.63) is 70.6 Å². The van der Waals surface area contributed by atoms with Crippen molar-refractivity contribution in [2.45, 2.75) is 43.2 Å². The summed E-state index contributed by atoms with van der Waals surface area (Å²) < 4.78 is 34.7. The number of nitrogens with one attached hydrogen (secondary N) is 1. The Labute approximate surface area is 202 Å². The highest BCUT2D eigenvalue weighted by Crippen LogP contribution is 2.54. The van der Waals surface area contributed by atoms with Crippen molar-refractivity contribution in [3.8, 4) is 0 Å². The second-order valence-corrected chi connectivity index (χ2v) is 11.8. The number of hydrogen-bond donors (Lipinski definition) is 1. The van der Waals surface area contributed by atoms with E-state index in [9.17, 15) is 18.0 Å². The van der Waals surface area contributed by atoms with Gasteiger partial charge in [0.1, 0.15) is 11.4 Å². The summed E-state index contributed by atoms with van der Waals surface area (Å²) in [5.41, 5.74) is 3.66. The van der Waals surface area contributed by atoms with Crippen LogP contribution >= 0.6 is 0 Å². The summed E-state index contributed by atoms with van der Waals surface area (Å²) in [6, 6.07) is 6.40. The van der Waals surface area contributed by atoms with E-state index in [1.165, 1.54) is 0 Å². The van der Waals surface area contributed by atoms with E-state index < -0.39 is 15.4 Å². The Balaban J connectivity index is 1.51. The molecule has 3 aliphatic heterocycles. The Kier molecular flexibility index (Phi) is 4.14. The number of benzene rings is 1. The fourth-order valence-corrected chi connectivity index (χ4v) is 7.64. The van der Waals surface area contributed by atoms with E-state index in [1.807, 2.05) is 13.0 Å². The second kappa shape index (κ2) is 6.89. The van der Waals surface area contributed by atoms with Crippen LogP contribution in [0.25, 0.3) is 5.70 Å². The zero-order valence-electron chi connectivity index (χ0n) is 19.1. The molecule has 2 aromatic rings. The average molecular weight is 490 g/mol. The molecule has 7 rings (SSSR count). The van der Waals surface area contributed by atoms with Crippen LogP contribution < -0.4 is 5.32 Å². The van der Waals surface area contributed by atoms with Gasteiger partial charge in [-0.05, 0) is 43.5 Å². The van der Waals surface area contributed by atoms with Crippen molar-refractivity contribution < 1.29 is 22.7 Å². The fraction of sp³-hybridized carbons (Fsp3) is 0.346. The number of allylic oxidation sites excluding steroid dienone is 1. The van der Waals surface area contributed by atoms with E-state index in [2.05, 4.69) is 5.32 Å². The maximum Gasteiger partial charge on any atom is 0.268 e. The molecule has 8 nitrogen and oxygen atoms in total. The SMILES string of the molecule is Cc1ccc(S(=O)(=O)n2cc3c4c2C(=O)C2=N[C@@H]5COC6CC(=O)C=C[C@]6(C5)C2=C4NCC3)cc1. The molecule has 1 unspecified atom stereocenters. The molecule has 2 bridgehead atoms. The maximum absolute atomic E-state index is 14.1. The smallest absolute Gasteiger partial charge is 0.268 e. The number of carbonyl (C=O) groups is 2. The Bertz CT molecular complexity index is 1540. The van der Waals surface area contributed by atoms with E-state index in [0.717, 1.165) is 26.4 Å². The minimum atomic E-state index is -4.00. The van der Waals surface area contributed by atoms with Crippen molar-refractivity contribution in [2.24, 2.45) is 10.4 Å². The number of hydrogen-bond acceptors (Lipinski definition) is 7. The number of nitrogens with zero attached hydrogens (tertiary/aromatic N) is 2. The number of carbonyl (C=O) groups excluding carboxylic acids is 2. The number of aliphatic imine (C=N–C) groups is 1. The van der Waals surface area contributed by atoms with Crippen LogP contribution in [0.5, 0.6) is 0 Å². The molecule has 178 valence electrons. The first kappa shape index (κ1) is 21.0. The predicted molar refractivity (Wildman–Crippen MR) is 128 cm³/mol. The molecule has 2 aliphatic carbocycles. The quantitative estimate of drug-likeness (QED) is 0.693. The maximum atomic E-state index is 14.1. The first-order chi connectivity index (χ1) is 16.8. The highest BCUT2D eigenvalue weighted by atomic mass is 32.2. The van der Waals surface area contributed by atoms with Gasteiger partial charge in [-0.25, -0.2) is 12.4 Å². The lowest BCUT2D eigenvalue weighted by Gasteiger charge is -2.51. The number of rotatable bonds is 2. The standard InChI is InChI=1S/C26H23N3O5S/c1-14-2-4-18(5-3-14)35(32,33)29-12-15-7-9-27-22-20(15)24(29)25(31)23-21(22)26-8-6-17(30)10-19(26)34-13-16(11-26)28-23/h2-6,8,12,16,19,27H,7,9-11,13H2,1H3/t16-,19?,26+/m0/s1. The Morgan fingerprint density at radius 3 is 2.80 bits per heavy atom. The fourth-order valence-electron chi connectivity index (χ4n) is 6.25. The molecule has 9 heteroatoms. The van der Waals surface area contributed by atoms with Crippen LogP contribution in [-0.4, -0.2) is 55.0 Å². The molecule has 4 heterocycles. The number of Topliss-reactive ketones (excluding diaryl/α,β-unsaturated/α-hetero) is 1. The molecule has 1 fully saturated rings. The lowest BCUT2D eigenvalue weighted by Crippen LogP contribution is -2.56. The van der Waals surface area contributed by atoms with Gasteiger partial charge in [-0.1, -0.05) is 23.8 Å². The highest BCUT2D eigenvalue weighted by molar-refractivity contribution is 7.90. The summed E-state index contributed by atoms with van der Waals surface area (Å²) in [6.45, 7) is 2.83. The molecule has 3 atom stereocenters. The van der Waals surface area contributed by atoms with Gasteiger partial charge < -0.3 is 10.1 Å². The Hall–Kier alpha value is -3.30. The number of ether oxygens (including phenoxy) is 1. The topological polar surface area (TPSA) is 107 Å². The minimum Gasteiger partial charge on any atom is -0.384 e. The molecule has 1 aromatic heterocycles. The zero-order chi connectivity index (χ0) is 24.1. The van der Waals surface area contributed by atoms with E-state index in [0.29, 0.717) is 31.6 Å². The van der Waals surface area contributed by atoms with Crippen LogP contribution in [-0.2, 0) is 26.0 Å². The molecule has 1 saturated heterocycles. The molecule has 0 amide bonds. The molecule has 35 heavy (non-hydrogen) atoms. The first-order valence-electron chi connectivity index (χ1n) is 11.8. The summed E-state index contributed by atoms with van der Waals surface area (Å²) in [5, 5.41) is 3.46. The van der Waals surface area contributed by atoms with E-state index in [4.69, 9.17) is 9.73 Å². The zero-order valence-corrected chi connectivity index (χ0v) is 19.9. The lowest BCUT2D eigenvalue weighted by atomic mass is 9.60. The third-order valence-electron chi connectivity index (χ3n) is 7.86. The van der Waals surface area contributed by atoms with Gasteiger partial charge in [0.15, 0.2) is 5.78 Å². The summed E-state index contributed by atoms with van der Waals surface area (Å²) in [6.07, 6.45) is 6.21. The summed E-state index contributed by atoms with van der Waals surface area (Å²) in [7, 11) is -4.00. The molecule has 1 aromatic carbocycles. The average Bonchev–Trinajstić information content (AvgIpc) is 3.25.